The van der Waals surface area contributed by atoms with Crippen LogP contribution >= 0.6 is 0 Å². The quantitative estimate of drug-likeness (QED) is 0.683. The van der Waals surface area contributed by atoms with Gasteiger partial charge in [0.15, 0.2) is 0 Å². The van der Waals surface area contributed by atoms with Gasteiger partial charge in [-0.05, 0) is 31.4 Å². The normalized spacial score (nSPS) is 20.1. The first-order chi connectivity index (χ1) is 6.86. The fourth-order valence-electron chi connectivity index (χ4n) is 1.48. The van der Waals surface area contributed by atoms with Gasteiger partial charge in [-0.3, -0.25) is 4.98 Å². The molecule has 2 rings (SSSR count). The Hall–Kier alpha value is -0.890. The van der Waals surface area contributed by atoms with Crippen molar-refractivity contribution in [3.8, 4) is 0 Å². The summed E-state index contributed by atoms with van der Waals surface area (Å²) in [6, 6.07) is 4.15. The number of aromatic nitrogens is 1. The molecule has 0 aromatic carbocycles. The van der Waals surface area contributed by atoms with E-state index in [0.29, 0.717) is 0 Å². The average Bonchev–Trinajstić information content (AvgIpc) is 2.75. The highest BCUT2D eigenvalue weighted by atomic mass is 16.5. The van der Waals surface area contributed by atoms with Crippen molar-refractivity contribution >= 4 is 0 Å². The number of nitrogens with zero attached hydrogens (tertiary/aromatic N) is 1. The van der Waals surface area contributed by atoms with Crippen LogP contribution in [0.5, 0.6) is 0 Å². The number of rotatable bonds is 1. The third-order valence-corrected chi connectivity index (χ3v) is 2.19. The summed E-state index contributed by atoms with van der Waals surface area (Å²) in [5, 5.41) is 0. The zero-order chi connectivity index (χ0) is 10.4. The first-order valence-corrected chi connectivity index (χ1v) is 5.40. The van der Waals surface area contributed by atoms with E-state index in [1.807, 2.05) is 27.0 Å². The molecule has 2 heteroatoms. The summed E-state index contributed by atoms with van der Waals surface area (Å²) in [6.07, 6.45) is 4.44. The van der Waals surface area contributed by atoms with Crippen LogP contribution in [0.15, 0.2) is 18.3 Å². The third kappa shape index (κ3) is 2.81. The molecule has 0 spiro atoms. The van der Waals surface area contributed by atoms with Crippen LogP contribution in [0.4, 0.5) is 0 Å². The van der Waals surface area contributed by atoms with E-state index in [1.54, 1.807) is 0 Å². The number of hydrogen-bond donors (Lipinski definition) is 0. The van der Waals surface area contributed by atoms with E-state index in [0.717, 1.165) is 18.7 Å². The van der Waals surface area contributed by atoms with Gasteiger partial charge >= 0.3 is 0 Å². The molecule has 1 aliphatic rings. The smallest absolute Gasteiger partial charge is 0.0995 e. The molecule has 0 radical (unpaired) electrons. The molecule has 1 fully saturated rings. The number of pyridine rings is 1. The van der Waals surface area contributed by atoms with Crippen LogP contribution in [-0.2, 0) is 4.74 Å². The van der Waals surface area contributed by atoms with E-state index < -0.39 is 0 Å². The maximum Gasteiger partial charge on any atom is 0.0995 e. The van der Waals surface area contributed by atoms with E-state index in [-0.39, 0.29) is 6.10 Å². The largest absolute Gasteiger partial charge is 0.372 e. The van der Waals surface area contributed by atoms with E-state index in [1.165, 1.54) is 12.0 Å². The van der Waals surface area contributed by atoms with Gasteiger partial charge in [0, 0.05) is 12.8 Å². The Morgan fingerprint density at radius 2 is 2.14 bits per heavy atom. The molecule has 1 aromatic heterocycles. The van der Waals surface area contributed by atoms with Crippen LogP contribution in [0.1, 0.15) is 44.1 Å². The van der Waals surface area contributed by atoms with Crippen molar-refractivity contribution in [2.24, 2.45) is 0 Å². The van der Waals surface area contributed by atoms with E-state index in [4.69, 9.17) is 4.74 Å². The molecule has 0 N–H and O–H groups in total. The second kappa shape index (κ2) is 5.76. The van der Waals surface area contributed by atoms with Crippen molar-refractivity contribution < 1.29 is 4.74 Å². The molecule has 2 nitrogen and oxygen atoms in total. The second-order valence-corrected chi connectivity index (χ2v) is 3.26. The molecule has 2 heterocycles. The Labute approximate surface area is 86.3 Å². The lowest BCUT2D eigenvalue weighted by molar-refractivity contribution is 0.108. The minimum atomic E-state index is 0.255. The summed E-state index contributed by atoms with van der Waals surface area (Å²) < 4.78 is 5.52. The van der Waals surface area contributed by atoms with Crippen molar-refractivity contribution in [3.05, 3.63) is 29.6 Å². The van der Waals surface area contributed by atoms with Gasteiger partial charge in [-0.15, -0.1) is 0 Å². The summed E-state index contributed by atoms with van der Waals surface area (Å²) in [6.45, 7) is 6.94. The van der Waals surface area contributed by atoms with Crippen molar-refractivity contribution in [3.63, 3.8) is 0 Å². The molecule has 1 aromatic rings. The third-order valence-electron chi connectivity index (χ3n) is 2.19. The van der Waals surface area contributed by atoms with Crippen molar-refractivity contribution in [2.45, 2.75) is 39.7 Å². The molecule has 14 heavy (non-hydrogen) atoms. The van der Waals surface area contributed by atoms with Gasteiger partial charge < -0.3 is 4.74 Å². The average molecular weight is 193 g/mol. The lowest BCUT2D eigenvalue weighted by atomic mass is 10.1. The molecular formula is C12H19NO. The first-order valence-electron chi connectivity index (χ1n) is 5.40. The Morgan fingerprint density at radius 3 is 2.64 bits per heavy atom. The first kappa shape index (κ1) is 11.2. The highest BCUT2D eigenvalue weighted by molar-refractivity contribution is 5.14. The van der Waals surface area contributed by atoms with Crippen molar-refractivity contribution in [2.75, 3.05) is 6.61 Å². The summed E-state index contributed by atoms with van der Waals surface area (Å²) in [7, 11) is 0. The van der Waals surface area contributed by atoms with E-state index >= 15 is 0 Å². The van der Waals surface area contributed by atoms with E-state index in [2.05, 4.69) is 17.1 Å². The topological polar surface area (TPSA) is 22.1 Å². The Bertz CT molecular complexity index is 250. The molecular weight excluding hydrogens is 174 g/mol. The summed E-state index contributed by atoms with van der Waals surface area (Å²) in [5.41, 5.74) is 2.29. The summed E-state index contributed by atoms with van der Waals surface area (Å²) >= 11 is 0. The fraction of sp³-hybridized carbons (Fsp3) is 0.583. The molecule has 1 atom stereocenters. The van der Waals surface area contributed by atoms with Crippen LogP contribution in [-0.4, -0.2) is 11.6 Å². The van der Waals surface area contributed by atoms with Gasteiger partial charge in [0.05, 0.1) is 11.8 Å². The molecule has 1 aliphatic heterocycles. The highest BCUT2D eigenvalue weighted by Gasteiger charge is 2.18. The predicted octanol–water partition coefficient (Wildman–Crippen LogP) is 3.27. The van der Waals surface area contributed by atoms with Crippen LogP contribution in [0.2, 0.25) is 0 Å². The lowest BCUT2D eigenvalue weighted by Crippen LogP contribution is -1.98. The Balaban J connectivity index is 0.000000461. The fourth-order valence-corrected chi connectivity index (χ4v) is 1.48. The molecule has 0 amide bonds. The van der Waals surface area contributed by atoms with Gasteiger partial charge in [-0.2, -0.15) is 0 Å². The van der Waals surface area contributed by atoms with E-state index in [9.17, 15) is 0 Å². The molecule has 78 valence electrons. The van der Waals surface area contributed by atoms with Gasteiger partial charge in [0.1, 0.15) is 0 Å². The van der Waals surface area contributed by atoms with Crippen LogP contribution in [0.25, 0.3) is 0 Å². The maximum absolute atomic E-state index is 5.52. The lowest BCUT2D eigenvalue weighted by Gasteiger charge is -2.07. The van der Waals surface area contributed by atoms with Gasteiger partial charge in [0.2, 0.25) is 0 Å². The van der Waals surface area contributed by atoms with Crippen molar-refractivity contribution in [1.29, 1.82) is 0 Å². The maximum atomic E-state index is 5.52. The Kier molecular flexibility index (Phi) is 4.60. The molecule has 1 saturated heterocycles. The SMILES string of the molecule is CC.Cc1ccc(C2CCCO2)nc1. The van der Waals surface area contributed by atoms with Gasteiger partial charge in [0.25, 0.3) is 0 Å². The molecule has 1 unspecified atom stereocenters. The summed E-state index contributed by atoms with van der Waals surface area (Å²) in [5.74, 6) is 0. The Morgan fingerprint density at radius 1 is 1.36 bits per heavy atom. The van der Waals surface area contributed by atoms with Crippen LogP contribution in [0, 0.1) is 6.92 Å². The van der Waals surface area contributed by atoms with Crippen LogP contribution in [0.3, 0.4) is 0 Å². The highest BCUT2D eigenvalue weighted by Crippen LogP contribution is 2.26. The minimum absolute atomic E-state index is 0.255. The number of aryl methyl sites for hydroxylation is 1. The zero-order valence-corrected chi connectivity index (χ0v) is 9.29. The standard InChI is InChI=1S/C10H13NO.C2H6/c1-8-4-5-9(11-7-8)10-3-2-6-12-10;1-2/h4-5,7,10H,2-3,6H2,1H3;1-2H3. The number of hydrogen-bond acceptors (Lipinski definition) is 2. The number of ether oxygens (including phenoxy) is 1. The molecule has 0 saturated carbocycles. The zero-order valence-electron chi connectivity index (χ0n) is 9.29. The van der Waals surface area contributed by atoms with Gasteiger partial charge in [-0.1, -0.05) is 19.9 Å². The second-order valence-electron chi connectivity index (χ2n) is 3.26. The predicted molar refractivity (Wildman–Crippen MR) is 58.2 cm³/mol. The molecule has 0 aliphatic carbocycles. The van der Waals surface area contributed by atoms with Gasteiger partial charge in [-0.25, -0.2) is 0 Å². The molecule has 0 bridgehead atoms. The summed E-state index contributed by atoms with van der Waals surface area (Å²) in [4.78, 5) is 4.34. The monoisotopic (exact) mass is 193 g/mol. The van der Waals surface area contributed by atoms with Crippen molar-refractivity contribution in [1.82, 2.24) is 4.98 Å². The minimum Gasteiger partial charge on any atom is -0.372 e. The van der Waals surface area contributed by atoms with Crippen LogP contribution < -0.4 is 0 Å².